The number of rotatable bonds is 5. The molecule has 1 saturated heterocycles. The van der Waals surface area contributed by atoms with E-state index in [0.717, 1.165) is 0 Å². The number of anilines is 2. The van der Waals surface area contributed by atoms with Crippen molar-refractivity contribution in [2.75, 3.05) is 30.8 Å². The van der Waals surface area contributed by atoms with Crippen LogP contribution in [0.4, 0.5) is 20.6 Å². The molecule has 0 spiro atoms. The SMILES string of the molecule is CCNC(=O)Nc1ccc2c(c1)C(=O)N(C)[C@H]1CC[C@H](CC(=O)Nc3cccc(F)c3)O[C@@H]1CO2. The van der Waals surface area contributed by atoms with Crippen LogP contribution in [-0.2, 0) is 9.53 Å². The maximum Gasteiger partial charge on any atom is 0.319 e. The largest absolute Gasteiger partial charge is 0.490 e. The Labute approximate surface area is 203 Å². The van der Waals surface area contributed by atoms with Crippen LogP contribution >= 0.6 is 0 Å². The first kappa shape index (κ1) is 24.5. The predicted molar refractivity (Wildman–Crippen MR) is 128 cm³/mol. The zero-order valence-electron chi connectivity index (χ0n) is 19.7. The molecule has 0 bridgehead atoms. The standard InChI is InChI=1S/C25H29FN4O5/c1-3-27-25(33)29-17-7-10-21-19(12-17)24(32)30(2)20-9-8-18(35-22(20)14-34-21)13-23(31)28-16-6-4-5-15(26)11-16/h4-7,10-12,18,20,22H,3,8-9,13-14H2,1-2H3,(H,28,31)(H2,27,29,33)/t18-,20+,22-/m1/s1. The highest BCUT2D eigenvalue weighted by molar-refractivity contribution is 5.99. The van der Waals surface area contributed by atoms with E-state index < -0.39 is 11.9 Å². The lowest BCUT2D eigenvalue weighted by atomic mass is 9.94. The number of fused-ring (bicyclic) bond motifs is 2. The van der Waals surface area contributed by atoms with Gasteiger partial charge < -0.3 is 30.3 Å². The second kappa shape index (κ2) is 10.7. The first-order valence-electron chi connectivity index (χ1n) is 11.6. The van der Waals surface area contributed by atoms with Crippen LogP contribution in [0, 0.1) is 5.82 Å². The molecular weight excluding hydrogens is 455 g/mol. The highest BCUT2D eigenvalue weighted by Gasteiger charge is 2.39. The molecule has 35 heavy (non-hydrogen) atoms. The highest BCUT2D eigenvalue weighted by atomic mass is 19.1. The fourth-order valence-corrected chi connectivity index (χ4v) is 4.43. The first-order chi connectivity index (χ1) is 16.8. The first-order valence-corrected chi connectivity index (χ1v) is 11.6. The zero-order chi connectivity index (χ0) is 24.9. The minimum Gasteiger partial charge on any atom is -0.490 e. The fourth-order valence-electron chi connectivity index (χ4n) is 4.43. The fraction of sp³-hybridized carbons (Fsp3) is 0.400. The van der Waals surface area contributed by atoms with E-state index in [1.54, 1.807) is 36.2 Å². The Hall–Kier alpha value is -3.66. The van der Waals surface area contributed by atoms with Gasteiger partial charge in [0.05, 0.1) is 24.1 Å². The van der Waals surface area contributed by atoms with Gasteiger partial charge in [0.1, 0.15) is 24.3 Å². The minimum absolute atomic E-state index is 0.114. The quantitative estimate of drug-likeness (QED) is 0.603. The van der Waals surface area contributed by atoms with E-state index in [9.17, 15) is 18.8 Å². The van der Waals surface area contributed by atoms with Gasteiger partial charge in [-0.15, -0.1) is 0 Å². The molecule has 2 aromatic rings. The second-order valence-corrected chi connectivity index (χ2v) is 8.63. The van der Waals surface area contributed by atoms with E-state index in [4.69, 9.17) is 9.47 Å². The highest BCUT2D eigenvalue weighted by Crippen LogP contribution is 2.32. The van der Waals surface area contributed by atoms with Crippen LogP contribution in [0.25, 0.3) is 0 Å². The topological polar surface area (TPSA) is 109 Å². The monoisotopic (exact) mass is 484 g/mol. The Morgan fingerprint density at radius 3 is 2.69 bits per heavy atom. The maximum atomic E-state index is 13.4. The summed E-state index contributed by atoms with van der Waals surface area (Å²) in [5, 5.41) is 8.04. The van der Waals surface area contributed by atoms with Gasteiger partial charge in [0.25, 0.3) is 5.91 Å². The van der Waals surface area contributed by atoms with Gasteiger partial charge in [-0.3, -0.25) is 9.59 Å². The van der Waals surface area contributed by atoms with Crippen LogP contribution in [0.15, 0.2) is 42.5 Å². The Morgan fingerprint density at radius 2 is 1.91 bits per heavy atom. The maximum absolute atomic E-state index is 13.4. The van der Waals surface area contributed by atoms with Gasteiger partial charge in [0.2, 0.25) is 5.91 Å². The Bertz CT molecular complexity index is 1110. The van der Waals surface area contributed by atoms with Crippen molar-refractivity contribution in [1.82, 2.24) is 10.2 Å². The summed E-state index contributed by atoms with van der Waals surface area (Å²) in [5.74, 6) is -0.532. The van der Waals surface area contributed by atoms with Crippen LogP contribution in [0.1, 0.15) is 36.5 Å². The van der Waals surface area contributed by atoms with Crippen molar-refractivity contribution in [2.45, 2.75) is 44.4 Å². The van der Waals surface area contributed by atoms with Gasteiger partial charge in [-0.05, 0) is 56.2 Å². The molecule has 0 radical (unpaired) electrons. The number of nitrogens with zero attached hydrogens (tertiary/aromatic N) is 1. The van der Waals surface area contributed by atoms with Crippen LogP contribution in [0.2, 0.25) is 0 Å². The van der Waals surface area contributed by atoms with Crippen molar-refractivity contribution in [3.63, 3.8) is 0 Å². The van der Waals surface area contributed by atoms with Crippen molar-refractivity contribution in [3.05, 3.63) is 53.8 Å². The smallest absolute Gasteiger partial charge is 0.319 e. The summed E-state index contributed by atoms with van der Waals surface area (Å²) < 4.78 is 25.5. The number of ether oxygens (including phenoxy) is 2. The summed E-state index contributed by atoms with van der Waals surface area (Å²) in [6.07, 6.45) is 0.579. The minimum atomic E-state index is -0.425. The van der Waals surface area contributed by atoms with Crippen molar-refractivity contribution in [2.24, 2.45) is 0 Å². The lowest BCUT2D eigenvalue weighted by Crippen LogP contribution is -2.53. The predicted octanol–water partition coefficient (Wildman–Crippen LogP) is 3.38. The molecule has 3 N–H and O–H groups in total. The summed E-state index contributed by atoms with van der Waals surface area (Å²) in [6, 6.07) is 10.1. The molecule has 1 fully saturated rings. The Balaban J connectivity index is 1.42. The van der Waals surface area contributed by atoms with Crippen molar-refractivity contribution >= 4 is 29.2 Å². The molecule has 2 aliphatic rings. The van der Waals surface area contributed by atoms with E-state index in [1.807, 2.05) is 6.92 Å². The van der Waals surface area contributed by atoms with Gasteiger partial charge in [-0.1, -0.05) is 6.07 Å². The number of halogens is 1. The van der Waals surface area contributed by atoms with Gasteiger partial charge in [0, 0.05) is 25.0 Å². The molecule has 2 aliphatic heterocycles. The molecule has 2 aromatic carbocycles. The van der Waals surface area contributed by atoms with Crippen LogP contribution in [0.5, 0.6) is 5.75 Å². The molecule has 4 amide bonds. The van der Waals surface area contributed by atoms with E-state index in [2.05, 4.69) is 16.0 Å². The molecule has 3 atom stereocenters. The molecule has 186 valence electrons. The average molecular weight is 485 g/mol. The van der Waals surface area contributed by atoms with Crippen LogP contribution in [-0.4, -0.2) is 61.2 Å². The number of hydrogen-bond donors (Lipinski definition) is 3. The summed E-state index contributed by atoms with van der Waals surface area (Å²) in [4.78, 5) is 39.2. The Kier molecular flexibility index (Phi) is 7.50. The normalized spacial score (nSPS) is 21.5. The van der Waals surface area contributed by atoms with E-state index in [0.29, 0.717) is 42.1 Å². The number of amides is 4. The number of benzene rings is 2. The number of urea groups is 1. The van der Waals surface area contributed by atoms with Crippen molar-refractivity contribution in [1.29, 1.82) is 0 Å². The molecule has 9 nitrogen and oxygen atoms in total. The van der Waals surface area contributed by atoms with Gasteiger partial charge in [0.15, 0.2) is 0 Å². The molecule has 4 rings (SSSR count). The lowest BCUT2D eigenvalue weighted by Gasteiger charge is -2.42. The summed E-state index contributed by atoms with van der Waals surface area (Å²) in [5.41, 5.74) is 1.24. The third-order valence-electron chi connectivity index (χ3n) is 6.13. The lowest BCUT2D eigenvalue weighted by molar-refractivity contribution is -0.130. The summed E-state index contributed by atoms with van der Waals surface area (Å²) in [7, 11) is 1.72. The number of likely N-dealkylation sites (N-methyl/N-ethyl adjacent to an activating group) is 1. The van der Waals surface area contributed by atoms with Gasteiger partial charge >= 0.3 is 6.03 Å². The van der Waals surface area contributed by atoms with Gasteiger partial charge in [-0.25, -0.2) is 9.18 Å². The molecule has 0 aromatic heterocycles. The van der Waals surface area contributed by atoms with Gasteiger partial charge in [-0.2, -0.15) is 0 Å². The summed E-state index contributed by atoms with van der Waals surface area (Å²) >= 11 is 0. The van der Waals surface area contributed by atoms with Crippen LogP contribution < -0.4 is 20.7 Å². The molecule has 0 saturated carbocycles. The molecule has 10 heteroatoms. The molecular formula is C25H29FN4O5. The van der Waals surface area contributed by atoms with Crippen molar-refractivity contribution in [3.8, 4) is 5.75 Å². The zero-order valence-corrected chi connectivity index (χ0v) is 19.7. The number of nitrogens with one attached hydrogen (secondary N) is 3. The van der Waals surface area contributed by atoms with E-state index in [1.165, 1.54) is 18.2 Å². The second-order valence-electron chi connectivity index (χ2n) is 8.63. The van der Waals surface area contributed by atoms with E-state index >= 15 is 0 Å². The summed E-state index contributed by atoms with van der Waals surface area (Å²) in [6.45, 7) is 2.51. The number of hydrogen-bond acceptors (Lipinski definition) is 5. The van der Waals surface area contributed by atoms with Crippen molar-refractivity contribution < 1.29 is 28.2 Å². The Morgan fingerprint density at radius 1 is 1.11 bits per heavy atom. The molecule has 2 heterocycles. The average Bonchev–Trinajstić information content (AvgIpc) is 2.82. The molecule has 0 aliphatic carbocycles. The third-order valence-corrected chi connectivity index (χ3v) is 6.13. The van der Waals surface area contributed by atoms with E-state index in [-0.39, 0.29) is 43.0 Å². The number of carbonyl (C=O) groups is 3. The third kappa shape index (κ3) is 5.89. The number of carbonyl (C=O) groups excluding carboxylic acids is 3. The van der Waals surface area contributed by atoms with Crippen LogP contribution in [0.3, 0.4) is 0 Å². The molecule has 0 unspecified atom stereocenters.